The third kappa shape index (κ3) is 5.40. The first-order valence-electron chi connectivity index (χ1n) is 9.95. The molecular weight excluding hydrogens is 388 g/mol. The molecule has 160 valence electrons. The predicted octanol–water partition coefficient (Wildman–Crippen LogP) is 4.08. The van der Waals surface area contributed by atoms with Gasteiger partial charge < -0.3 is 19.1 Å². The second-order valence-electron chi connectivity index (χ2n) is 7.31. The van der Waals surface area contributed by atoms with E-state index in [-0.39, 0.29) is 24.5 Å². The van der Waals surface area contributed by atoms with Crippen LogP contribution in [0.15, 0.2) is 42.5 Å². The standard InChI is InChI=1S/C22H26N2O6/c1-16-4-3-11-23(15-16)20-10-5-17(14-21(20)24(26)27)22(25)30-13-12-29-19-8-6-18(28-2)7-9-19/h5-10,14,16H,3-4,11-13,15H2,1-2H3/t16-/m1/s1. The van der Waals surface area contributed by atoms with Crippen LogP contribution < -0.4 is 14.4 Å². The molecule has 0 amide bonds. The number of rotatable bonds is 8. The van der Waals surface area contributed by atoms with Crippen LogP contribution in [0.25, 0.3) is 0 Å². The minimum Gasteiger partial charge on any atom is -0.497 e. The van der Waals surface area contributed by atoms with Gasteiger partial charge in [0.05, 0.1) is 17.6 Å². The number of methoxy groups -OCH3 is 1. The van der Waals surface area contributed by atoms with Gasteiger partial charge in [0.2, 0.25) is 0 Å². The van der Waals surface area contributed by atoms with Crippen molar-refractivity contribution in [2.75, 3.05) is 38.3 Å². The fourth-order valence-corrected chi connectivity index (χ4v) is 3.52. The van der Waals surface area contributed by atoms with Gasteiger partial charge >= 0.3 is 5.97 Å². The molecule has 1 fully saturated rings. The van der Waals surface area contributed by atoms with Gasteiger partial charge in [-0.1, -0.05) is 6.92 Å². The monoisotopic (exact) mass is 414 g/mol. The maximum absolute atomic E-state index is 12.3. The van der Waals surface area contributed by atoms with Gasteiger partial charge in [0.15, 0.2) is 0 Å². The highest BCUT2D eigenvalue weighted by Gasteiger charge is 2.25. The summed E-state index contributed by atoms with van der Waals surface area (Å²) in [6.07, 6.45) is 2.11. The number of benzene rings is 2. The SMILES string of the molecule is COc1ccc(OCCOC(=O)c2ccc(N3CCC[C@@H](C)C3)c([N+](=O)[O-])c2)cc1. The molecule has 0 unspecified atom stereocenters. The van der Waals surface area contributed by atoms with Crippen LogP contribution in [-0.2, 0) is 4.74 Å². The van der Waals surface area contributed by atoms with E-state index in [1.807, 2.05) is 4.90 Å². The van der Waals surface area contributed by atoms with E-state index in [9.17, 15) is 14.9 Å². The largest absolute Gasteiger partial charge is 0.497 e. The van der Waals surface area contributed by atoms with Crippen LogP contribution in [0.1, 0.15) is 30.1 Å². The van der Waals surface area contributed by atoms with Gasteiger partial charge in [-0.2, -0.15) is 0 Å². The third-order valence-corrected chi connectivity index (χ3v) is 5.05. The molecule has 8 nitrogen and oxygen atoms in total. The first kappa shape index (κ1) is 21.4. The molecule has 2 aromatic carbocycles. The molecule has 3 rings (SSSR count). The number of carbonyl (C=O) groups excluding carboxylic acids is 1. The van der Waals surface area contributed by atoms with Crippen LogP contribution >= 0.6 is 0 Å². The van der Waals surface area contributed by atoms with Crippen LogP contribution in [-0.4, -0.2) is 44.3 Å². The Kier molecular flexibility index (Phi) is 7.11. The number of nitro benzene ring substituents is 1. The van der Waals surface area contributed by atoms with E-state index in [2.05, 4.69) is 6.92 Å². The molecule has 2 aromatic rings. The molecule has 0 aliphatic carbocycles. The van der Waals surface area contributed by atoms with Crippen LogP contribution in [0.4, 0.5) is 11.4 Å². The lowest BCUT2D eigenvalue weighted by molar-refractivity contribution is -0.384. The molecule has 8 heteroatoms. The van der Waals surface area contributed by atoms with Crippen molar-refractivity contribution in [3.05, 3.63) is 58.1 Å². The summed E-state index contributed by atoms with van der Waals surface area (Å²) in [7, 11) is 1.58. The normalized spacial score (nSPS) is 16.1. The smallest absolute Gasteiger partial charge is 0.338 e. The minimum atomic E-state index is -0.616. The second-order valence-corrected chi connectivity index (χ2v) is 7.31. The molecule has 0 N–H and O–H groups in total. The highest BCUT2D eigenvalue weighted by atomic mass is 16.6. The van der Waals surface area contributed by atoms with Gasteiger partial charge in [0, 0.05) is 19.2 Å². The number of piperidine rings is 1. The fourth-order valence-electron chi connectivity index (χ4n) is 3.52. The topological polar surface area (TPSA) is 91.1 Å². The van der Waals surface area contributed by atoms with E-state index in [0.29, 0.717) is 17.4 Å². The number of nitro groups is 1. The lowest BCUT2D eigenvalue weighted by atomic mass is 9.99. The predicted molar refractivity (Wildman–Crippen MR) is 112 cm³/mol. The van der Waals surface area contributed by atoms with E-state index >= 15 is 0 Å². The Balaban J connectivity index is 1.58. The average molecular weight is 414 g/mol. The third-order valence-electron chi connectivity index (χ3n) is 5.05. The maximum Gasteiger partial charge on any atom is 0.338 e. The van der Waals surface area contributed by atoms with E-state index in [0.717, 1.165) is 31.7 Å². The van der Waals surface area contributed by atoms with Crippen molar-refractivity contribution >= 4 is 17.3 Å². The average Bonchev–Trinajstić information content (AvgIpc) is 2.76. The fraction of sp³-hybridized carbons (Fsp3) is 0.409. The number of hydrogen-bond acceptors (Lipinski definition) is 7. The highest BCUT2D eigenvalue weighted by molar-refractivity contribution is 5.91. The summed E-state index contributed by atoms with van der Waals surface area (Å²) in [5, 5.41) is 11.6. The van der Waals surface area contributed by atoms with Gasteiger partial charge in [-0.05, 0) is 55.2 Å². The Morgan fingerprint density at radius 3 is 2.57 bits per heavy atom. The summed E-state index contributed by atoms with van der Waals surface area (Å²) < 4.78 is 15.8. The van der Waals surface area contributed by atoms with Crippen LogP contribution in [0, 0.1) is 16.0 Å². The summed E-state index contributed by atoms with van der Waals surface area (Å²) in [6.45, 7) is 3.89. The molecular formula is C22H26N2O6. The van der Waals surface area contributed by atoms with Crippen molar-refractivity contribution in [1.82, 2.24) is 0 Å². The van der Waals surface area contributed by atoms with Crippen LogP contribution in [0.2, 0.25) is 0 Å². The zero-order valence-electron chi connectivity index (χ0n) is 17.2. The lowest BCUT2D eigenvalue weighted by Gasteiger charge is -2.32. The van der Waals surface area contributed by atoms with E-state index in [1.165, 1.54) is 6.07 Å². The molecule has 0 radical (unpaired) electrons. The molecule has 0 saturated carbocycles. The van der Waals surface area contributed by atoms with Crippen molar-refractivity contribution in [1.29, 1.82) is 0 Å². The molecule has 1 atom stereocenters. The van der Waals surface area contributed by atoms with Crippen LogP contribution in [0.5, 0.6) is 11.5 Å². The Morgan fingerprint density at radius 1 is 1.17 bits per heavy atom. The van der Waals surface area contributed by atoms with Gasteiger partial charge in [-0.15, -0.1) is 0 Å². The molecule has 1 aliphatic heterocycles. The van der Waals surface area contributed by atoms with Gasteiger partial charge in [0.1, 0.15) is 30.4 Å². The van der Waals surface area contributed by atoms with Gasteiger partial charge in [-0.25, -0.2) is 4.79 Å². The van der Waals surface area contributed by atoms with Crippen molar-refractivity contribution in [3.63, 3.8) is 0 Å². The number of anilines is 1. The summed E-state index contributed by atoms with van der Waals surface area (Å²) >= 11 is 0. The van der Waals surface area contributed by atoms with Crippen molar-refractivity contribution in [3.8, 4) is 11.5 Å². The summed E-state index contributed by atoms with van der Waals surface area (Å²) in [4.78, 5) is 25.5. The highest BCUT2D eigenvalue weighted by Crippen LogP contribution is 2.32. The first-order chi connectivity index (χ1) is 14.5. The number of carbonyl (C=O) groups is 1. The van der Waals surface area contributed by atoms with Crippen molar-refractivity contribution in [2.24, 2.45) is 5.92 Å². The summed E-state index contributed by atoms with van der Waals surface area (Å²) in [5.74, 6) is 1.21. The van der Waals surface area contributed by atoms with Crippen molar-refractivity contribution < 1.29 is 23.9 Å². The second kappa shape index (κ2) is 9.96. The van der Waals surface area contributed by atoms with E-state index in [4.69, 9.17) is 14.2 Å². The Morgan fingerprint density at radius 2 is 1.90 bits per heavy atom. The molecule has 1 heterocycles. The number of nitrogens with zero attached hydrogens (tertiary/aromatic N) is 2. The zero-order chi connectivity index (χ0) is 21.5. The first-order valence-corrected chi connectivity index (χ1v) is 9.95. The molecule has 0 aromatic heterocycles. The van der Waals surface area contributed by atoms with Gasteiger partial charge in [0.25, 0.3) is 5.69 Å². The van der Waals surface area contributed by atoms with Crippen molar-refractivity contribution in [2.45, 2.75) is 19.8 Å². The molecule has 30 heavy (non-hydrogen) atoms. The Hall–Kier alpha value is -3.29. The number of ether oxygens (including phenoxy) is 3. The van der Waals surface area contributed by atoms with E-state index in [1.54, 1.807) is 43.5 Å². The van der Waals surface area contributed by atoms with E-state index < -0.39 is 10.9 Å². The number of hydrogen-bond donors (Lipinski definition) is 0. The lowest BCUT2D eigenvalue weighted by Crippen LogP contribution is -2.34. The molecule has 0 spiro atoms. The number of esters is 1. The quantitative estimate of drug-likeness (QED) is 0.278. The Bertz CT molecular complexity index is 884. The maximum atomic E-state index is 12.3. The summed E-state index contributed by atoms with van der Waals surface area (Å²) in [6, 6.07) is 11.6. The van der Waals surface area contributed by atoms with Crippen LogP contribution in [0.3, 0.4) is 0 Å². The van der Waals surface area contributed by atoms with Gasteiger partial charge in [-0.3, -0.25) is 10.1 Å². The summed E-state index contributed by atoms with van der Waals surface area (Å²) in [5.41, 5.74) is 0.624. The molecule has 0 bridgehead atoms. The minimum absolute atomic E-state index is 0.0318. The zero-order valence-corrected chi connectivity index (χ0v) is 17.2. The molecule has 1 saturated heterocycles. The Labute approximate surface area is 175 Å². The molecule has 1 aliphatic rings.